The Hall–Kier alpha value is -1.90. The van der Waals surface area contributed by atoms with Gasteiger partial charge in [-0.15, -0.1) is 0 Å². The van der Waals surface area contributed by atoms with E-state index in [2.05, 4.69) is 16.8 Å². The van der Waals surface area contributed by atoms with E-state index in [0.29, 0.717) is 12.1 Å². The average molecular weight is 288 g/mol. The summed E-state index contributed by atoms with van der Waals surface area (Å²) in [6, 6.07) is 3.83. The van der Waals surface area contributed by atoms with Crippen LogP contribution in [-0.2, 0) is 16.0 Å². The molecule has 0 unspecified atom stereocenters. The van der Waals surface area contributed by atoms with Gasteiger partial charge in [-0.05, 0) is 30.4 Å². The van der Waals surface area contributed by atoms with Crippen LogP contribution in [0, 0.1) is 11.8 Å². The zero-order valence-corrected chi connectivity index (χ0v) is 12.4. The fourth-order valence-corrected chi connectivity index (χ4v) is 2.05. The van der Waals surface area contributed by atoms with Gasteiger partial charge in [0.25, 0.3) is 0 Å². The molecule has 1 aromatic rings. The summed E-state index contributed by atoms with van der Waals surface area (Å²) >= 11 is 0. The smallest absolute Gasteiger partial charge is 0.172 e. The van der Waals surface area contributed by atoms with Crippen molar-refractivity contribution in [3.05, 3.63) is 23.4 Å². The monoisotopic (exact) mass is 288 g/mol. The van der Waals surface area contributed by atoms with Crippen molar-refractivity contribution < 1.29 is 14.6 Å². The lowest BCUT2D eigenvalue weighted by Crippen LogP contribution is -2.48. The van der Waals surface area contributed by atoms with Gasteiger partial charge in [-0.25, -0.2) is 4.98 Å². The summed E-state index contributed by atoms with van der Waals surface area (Å²) in [5.41, 5.74) is 0.694. The standard InChI is InChI=1S/C16H20N2O3/c1-18(2)15-13(5-3-4-10-19)6-7-14(17-15)8-9-16(20)11-21-12-16/h6-7,10,20H,3-5,11-12H2,1-2H3. The number of aromatic nitrogens is 1. The number of anilines is 1. The molecule has 1 aromatic heterocycles. The number of carbonyl (C=O) groups is 1. The van der Waals surface area contributed by atoms with E-state index in [-0.39, 0.29) is 13.2 Å². The third-order valence-corrected chi connectivity index (χ3v) is 3.25. The van der Waals surface area contributed by atoms with Crippen LogP contribution in [0.15, 0.2) is 12.1 Å². The van der Waals surface area contributed by atoms with Crippen LogP contribution in [0.2, 0.25) is 0 Å². The number of ether oxygens (including phenoxy) is 1. The Labute approximate surface area is 124 Å². The molecule has 5 heteroatoms. The first kappa shape index (κ1) is 15.5. The van der Waals surface area contributed by atoms with Crippen LogP contribution in [0.5, 0.6) is 0 Å². The van der Waals surface area contributed by atoms with Crippen LogP contribution in [0.1, 0.15) is 24.1 Å². The molecule has 0 radical (unpaired) electrons. The molecule has 1 aliphatic rings. The van der Waals surface area contributed by atoms with Gasteiger partial charge in [0.05, 0.1) is 13.2 Å². The lowest BCUT2D eigenvalue weighted by Gasteiger charge is -2.30. The van der Waals surface area contributed by atoms with E-state index in [4.69, 9.17) is 4.74 Å². The van der Waals surface area contributed by atoms with E-state index in [0.717, 1.165) is 30.5 Å². The Bertz CT molecular complexity index is 569. The van der Waals surface area contributed by atoms with Crippen molar-refractivity contribution in [3.63, 3.8) is 0 Å². The van der Waals surface area contributed by atoms with E-state index >= 15 is 0 Å². The second kappa shape index (κ2) is 6.70. The molecule has 0 bridgehead atoms. The number of rotatable bonds is 5. The minimum Gasteiger partial charge on any atom is -0.373 e. The molecule has 2 rings (SSSR count). The highest BCUT2D eigenvalue weighted by Crippen LogP contribution is 2.19. The highest BCUT2D eigenvalue weighted by Gasteiger charge is 2.33. The van der Waals surface area contributed by atoms with Gasteiger partial charge in [0.2, 0.25) is 0 Å². The summed E-state index contributed by atoms with van der Waals surface area (Å²) in [5, 5.41) is 9.88. The normalized spacial score (nSPS) is 15.6. The molecule has 0 aliphatic carbocycles. The van der Waals surface area contributed by atoms with Crippen LogP contribution >= 0.6 is 0 Å². The zero-order valence-electron chi connectivity index (χ0n) is 12.4. The maximum Gasteiger partial charge on any atom is 0.172 e. The summed E-state index contributed by atoms with van der Waals surface area (Å²) in [4.78, 5) is 16.9. The summed E-state index contributed by atoms with van der Waals surface area (Å²) in [6.45, 7) is 0.509. The fraction of sp³-hybridized carbons (Fsp3) is 0.500. The molecule has 1 aliphatic heterocycles. The minimum atomic E-state index is -1.03. The average Bonchev–Trinajstić information content (AvgIpc) is 2.44. The van der Waals surface area contributed by atoms with Crippen LogP contribution < -0.4 is 4.90 Å². The van der Waals surface area contributed by atoms with Crippen LogP contribution in [0.4, 0.5) is 5.82 Å². The van der Waals surface area contributed by atoms with Gasteiger partial charge >= 0.3 is 0 Å². The highest BCUT2D eigenvalue weighted by atomic mass is 16.5. The molecule has 2 heterocycles. The zero-order chi connectivity index (χ0) is 15.3. The summed E-state index contributed by atoms with van der Waals surface area (Å²) < 4.78 is 4.95. The van der Waals surface area contributed by atoms with Gasteiger partial charge in [0.1, 0.15) is 17.8 Å². The summed E-state index contributed by atoms with van der Waals surface area (Å²) in [6.07, 6.45) is 3.12. The molecule has 1 saturated heterocycles. The van der Waals surface area contributed by atoms with Gasteiger partial charge in [-0.3, -0.25) is 0 Å². The third-order valence-electron chi connectivity index (χ3n) is 3.25. The summed E-state index contributed by atoms with van der Waals surface area (Å²) in [7, 11) is 3.85. The Morgan fingerprint density at radius 2 is 2.24 bits per heavy atom. The molecule has 5 nitrogen and oxygen atoms in total. The number of carbonyl (C=O) groups excluding carboxylic acids is 1. The van der Waals surface area contributed by atoms with Crippen molar-refractivity contribution >= 4 is 12.1 Å². The molecule has 0 spiro atoms. The molecule has 0 amide bonds. The number of nitrogens with zero attached hydrogens (tertiary/aromatic N) is 2. The topological polar surface area (TPSA) is 62.7 Å². The number of unbranched alkanes of at least 4 members (excludes halogenated alkanes) is 1. The number of aliphatic hydroxyl groups is 1. The van der Waals surface area contributed by atoms with Crippen LogP contribution in [0.25, 0.3) is 0 Å². The number of aldehydes is 1. The minimum absolute atomic E-state index is 0.254. The molecule has 1 N–H and O–H groups in total. The molecule has 0 aromatic carbocycles. The van der Waals surface area contributed by atoms with Crippen molar-refractivity contribution in [3.8, 4) is 11.8 Å². The van der Waals surface area contributed by atoms with E-state index in [1.807, 2.05) is 31.1 Å². The molecular weight excluding hydrogens is 268 g/mol. The van der Waals surface area contributed by atoms with E-state index in [1.165, 1.54) is 0 Å². The molecule has 0 atom stereocenters. The van der Waals surface area contributed by atoms with Crippen molar-refractivity contribution in [1.82, 2.24) is 4.98 Å². The Morgan fingerprint density at radius 1 is 1.48 bits per heavy atom. The van der Waals surface area contributed by atoms with Crippen molar-refractivity contribution in [2.45, 2.75) is 24.9 Å². The van der Waals surface area contributed by atoms with E-state index in [1.54, 1.807) is 0 Å². The van der Waals surface area contributed by atoms with Gasteiger partial charge in [0, 0.05) is 20.5 Å². The SMILES string of the molecule is CN(C)c1nc(C#CC2(O)COC2)ccc1CCCC=O. The summed E-state index contributed by atoms with van der Waals surface area (Å²) in [5.74, 6) is 6.56. The van der Waals surface area contributed by atoms with Gasteiger partial charge in [-0.2, -0.15) is 0 Å². The third kappa shape index (κ3) is 4.03. The molecule has 0 saturated carbocycles. The second-order valence-electron chi connectivity index (χ2n) is 5.41. The lowest BCUT2D eigenvalue weighted by atomic mass is 10.0. The number of hydrogen-bond donors (Lipinski definition) is 1. The predicted octanol–water partition coefficient (Wildman–Crippen LogP) is 0.782. The second-order valence-corrected chi connectivity index (χ2v) is 5.41. The van der Waals surface area contributed by atoms with Gasteiger partial charge < -0.3 is 19.5 Å². The highest BCUT2D eigenvalue weighted by molar-refractivity contribution is 5.51. The molecule has 1 fully saturated rings. The van der Waals surface area contributed by atoms with Gasteiger partial charge in [0.15, 0.2) is 5.60 Å². The maximum absolute atomic E-state index is 10.4. The maximum atomic E-state index is 10.4. The number of aryl methyl sites for hydroxylation is 1. The fourth-order valence-electron chi connectivity index (χ4n) is 2.05. The molecule has 112 valence electrons. The van der Waals surface area contributed by atoms with Crippen molar-refractivity contribution in [2.24, 2.45) is 0 Å². The first-order chi connectivity index (χ1) is 10.0. The largest absolute Gasteiger partial charge is 0.373 e. The first-order valence-corrected chi connectivity index (χ1v) is 6.98. The quantitative estimate of drug-likeness (QED) is 0.493. The molecule has 21 heavy (non-hydrogen) atoms. The van der Waals surface area contributed by atoms with Crippen LogP contribution in [-0.4, -0.2) is 49.3 Å². The lowest BCUT2D eigenvalue weighted by molar-refractivity contribution is -0.140. The number of pyridine rings is 1. The first-order valence-electron chi connectivity index (χ1n) is 6.98. The van der Waals surface area contributed by atoms with Crippen molar-refractivity contribution in [1.29, 1.82) is 0 Å². The Morgan fingerprint density at radius 3 is 2.81 bits per heavy atom. The van der Waals surface area contributed by atoms with E-state index in [9.17, 15) is 9.90 Å². The Kier molecular flexibility index (Phi) is 4.94. The number of hydrogen-bond acceptors (Lipinski definition) is 5. The van der Waals surface area contributed by atoms with E-state index < -0.39 is 5.60 Å². The predicted molar refractivity (Wildman–Crippen MR) is 80.2 cm³/mol. The Balaban J connectivity index is 2.17. The van der Waals surface area contributed by atoms with Gasteiger partial charge in [-0.1, -0.05) is 12.0 Å². The van der Waals surface area contributed by atoms with Crippen molar-refractivity contribution in [2.75, 3.05) is 32.2 Å². The molecular formula is C16H20N2O3. The van der Waals surface area contributed by atoms with Crippen LogP contribution in [0.3, 0.4) is 0 Å².